The largest absolute Gasteiger partial charge is 0.355 e. The van der Waals surface area contributed by atoms with Crippen molar-refractivity contribution >= 4 is 17.3 Å². The molecule has 0 saturated carbocycles. The Balaban J connectivity index is 1.51. The van der Waals surface area contributed by atoms with Crippen molar-refractivity contribution in [1.82, 2.24) is 20.4 Å². The van der Waals surface area contributed by atoms with Crippen LogP contribution in [-0.2, 0) is 0 Å². The summed E-state index contributed by atoms with van der Waals surface area (Å²) in [5.74, 6) is 0.934. The lowest BCUT2D eigenvalue weighted by molar-refractivity contribution is 0.235. The molecule has 0 radical (unpaired) electrons. The lowest BCUT2D eigenvalue weighted by Gasteiger charge is -2.29. The van der Waals surface area contributed by atoms with Gasteiger partial charge >= 0.3 is 0 Å². The summed E-state index contributed by atoms with van der Waals surface area (Å²) in [6, 6.07) is 5.50. The molecule has 5 nitrogen and oxygen atoms in total. The monoisotopic (exact) mass is 377 g/mol. The number of likely N-dealkylation sites (tertiary alicyclic amines) is 2. The van der Waals surface area contributed by atoms with Crippen LogP contribution >= 0.6 is 11.3 Å². The summed E-state index contributed by atoms with van der Waals surface area (Å²) in [7, 11) is 1.88. The van der Waals surface area contributed by atoms with E-state index in [0.29, 0.717) is 12.1 Å². The Morgan fingerprint density at radius 1 is 1.08 bits per heavy atom. The molecule has 0 bridgehead atoms. The molecular formula is C20H35N5S. The van der Waals surface area contributed by atoms with Gasteiger partial charge in [-0.25, -0.2) is 0 Å². The minimum absolute atomic E-state index is 0.455. The van der Waals surface area contributed by atoms with Crippen LogP contribution in [0.25, 0.3) is 0 Å². The van der Waals surface area contributed by atoms with E-state index in [4.69, 9.17) is 0 Å². The van der Waals surface area contributed by atoms with Gasteiger partial charge in [0.05, 0.1) is 6.04 Å². The molecule has 2 aliphatic heterocycles. The first kappa shape index (κ1) is 19.6. The van der Waals surface area contributed by atoms with Crippen molar-refractivity contribution in [2.75, 3.05) is 46.3 Å². The van der Waals surface area contributed by atoms with Crippen LogP contribution in [0.3, 0.4) is 0 Å². The summed E-state index contributed by atoms with van der Waals surface area (Å²) in [5, 5.41) is 9.35. The van der Waals surface area contributed by atoms with Crippen LogP contribution in [0.2, 0.25) is 0 Å². The summed E-state index contributed by atoms with van der Waals surface area (Å²) in [5.41, 5.74) is 0. The lowest BCUT2D eigenvalue weighted by Crippen LogP contribution is -2.47. The van der Waals surface area contributed by atoms with Gasteiger partial charge in [0.1, 0.15) is 0 Å². The fraction of sp³-hybridized carbons (Fsp3) is 0.750. The van der Waals surface area contributed by atoms with Crippen molar-refractivity contribution in [3.8, 4) is 0 Å². The minimum atomic E-state index is 0.455. The van der Waals surface area contributed by atoms with E-state index in [1.807, 2.05) is 18.4 Å². The molecular weight excluding hydrogens is 342 g/mol. The minimum Gasteiger partial charge on any atom is -0.355 e. The average molecular weight is 378 g/mol. The first-order valence-corrected chi connectivity index (χ1v) is 11.2. The normalized spacial score (nSPS) is 21.8. The first-order chi connectivity index (χ1) is 12.8. The molecule has 2 unspecified atom stereocenters. The zero-order valence-electron chi connectivity index (χ0n) is 16.4. The maximum atomic E-state index is 4.46. The van der Waals surface area contributed by atoms with Crippen molar-refractivity contribution < 1.29 is 0 Å². The molecule has 3 rings (SSSR count). The van der Waals surface area contributed by atoms with Crippen LogP contribution in [0, 0.1) is 0 Å². The van der Waals surface area contributed by atoms with E-state index in [0.717, 1.165) is 19.0 Å². The van der Waals surface area contributed by atoms with Crippen molar-refractivity contribution in [2.45, 2.75) is 51.1 Å². The highest BCUT2D eigenvalue weighted by atomic mass is 32.1. The van der Waals surface area contributed by atoms with Gasteiger partial charge in [0.2, 0.25) is 0 Å². The Labute approximate surface area is 162 Å². The number of rotatable bonds is 8. The number of aliphatic imine (C=N–C) groups is 1. The van der Waals surface area contributed by atoms with Crippen LogP contribution in [0.5, 0.6) is 0 Å². The fourth-order valence-corrected chi connectivity index (χ4v) is 5.07. The van der Waals surface area contributed by atoms with Gasteiger partial charge in [0.15, 0.2) is 5.96 Å². The van der Waals surface area contributed by atoms with Gasteiger partial charge in [-0.15, -0.1) is 11.3 Å². The van der Waals surface area contributed by atoms with Gasteiger partial charge in [-0.2, -0.15) is 0 Å². The van der Waals surface area contributed by atoms with Gasteiger partial charge < -0.3 is 10.6 Å². The topological polar surface area (TPSA) is 42.9 Å². The summed E-state index contributed by atoms with van der Waals surface area (Å²) in [4.78, 5) is 11.2. The molecule has 0 amide bonds. The molecule has 26 heavy (non-hydrogen) atoms. The SMILES string of the molecule is CCC(CNC(=NC)NCC(c1cccs1)N1CCCC1)N1CCCC1. The molecule has 2 fully saturated rings. The molecule has 2 aliphatic rings. The highest BCUT2D eigenvalue weighted by Crippen LogP contribution is 2.27. The van der Waals surface area contributed by atoms with E-state index < -0.39 is 0 Å². The summed E-state index contributed by atoms with van der Waals surface area (Å²) >= 11 is 1.87. The molecule has 1 aromatic rings. The number of guanidine groups is 1. The highest BCUT2D eigenvalue weighted by Gasteiger charge is 2.25. The average Bonchev–Trinajstić information content (AvgIpc) is 3.44. The van der Waals surface area contributed by atoms with Crippen LogP contribution in [0.1, 0.15) is 49.9 Å². The molecule has 0 spiro atoms. The maximum Gasteiger partial charge on any atom is 0.191 e. The van der Waals surface area contributed by atoms with E-state index in [-0.39, 0.29) is 0 Å². The van der Waals surface area contributed by atoms with E-state index in [9.17, 15) is 0 Å². The van der Waals surface area contributed by atoms with Crippen LogP contribution in [0.4, 0.5) is 0 Å². The zero-order chi connectivity index (χ0) is 18.2. The molecule has 0 aliphatic carbocycles. The van der Waals surface area contributed by atoms with Crippen molar-refractivity contribution in [3.05, 3.63) is 22.4 Å². The number of thiophene rings is 1. The highest BCUT2D eigenvalue weighted by molar-refractivity contribution is 7.10. The second-order valence-corrected chi connectivity index (χ2v) is 8.39. The zero-order valence-corrected chi connectivity index (χ0v) is 17.2. The maximum absolute atomic E-state index is 4.46. The third-order valence-corrected chi connectivity index (χ3v) is 6.75. The molecule has 146 valence electrons. The second kappa shape index (κ2) is 10.3. The van der Waals surface area contributed by atoms with E-state index in [1.165, 1.54) is 63.2 Å². The van der Waals surface area contributed by atoms with E-state index in [2.05, 4.69) is 49.9 Å². The Hall–Kier alpha value is -1.11. The van der Waals surface area contributed by atoms with Crippen molar-refractivity contribution in [2.24, 2.45) is 4.99 Å². The van der Waals surface area contributed by atoms with Gasteiger partial charge in [0, 0.05) is 31.1 Å². The molecule has 2 atom stereocenters. The lowest BCUT2D eigenvalue weighted by atomic mass is 10.2. The third-order valence-electron chi connectivity index (χ3n) is 5.77. The predicted molar refractivity (Wildman–Crippen MR) is 112 cm³/mol. The molecule has 2 N–H and O–H groups in total. The van der Waals surface area contributed by atoms with Crippen molar-refractivity contribution in [3.63, 3.8) is 0 Å². The fourth-order valence-electron chi connectivity index (χ4n) is 4.21. The Kier molecular flexibility index (Phi) is 7.77. The standard InChI is InChI=1S/C20H35N5S/c1-3-17(24-10-4-5-11-24)15-22-20(21-2)23-16-18(19-9-8-14-26-19)25-12-6-7-13-25/h8-9,14,17-18H,3-7,10-13,15-16H2,1-2H3,(H2,21,22,23). The smallest absolute Gasteiger partial charge is 0.191 e. The Bertz CT molecular complexity index is 532. The van der Waals surface area contributed by atoms with Crippen molar-refractivity contribution in [1.29, 1.82) is 0 Å². The second-order valence-electron chi connectivity index (χ2n) is 7.41. The molecule has 6 heteroatoms. The number of nitrogens with one attached hydrogen (secondary N) is 2. The van der Waals surface area contributed by atoms with Crippen LogP contribution < -0.4 is 10.6 Å². The summed E-state index contributed by atoms with van der Waals surface area (Å²) < 4.78 is 0. The summed E-state index contributed by atoms with van der Waals surface area (Å²) in [6.07, 6.45) is 6.53. The molecule has 0 aromatic carbocycles. The quantitative estimate of drug-likeness (QED) is 0.540. The van der Waals surface area contributed by atoms with Crippen LogP contribution in [0.15, 0.2) is 22.5 Å². The number of hydrogen-bond donors (Lipinski definition) is 2. The Morgan fingerprint density at radius 2 is 1.73 bits per heavy atom. The van der Waals surface area contributed by atoms with Gasteiger partial charge in [-0.1, -0.05) is 13.0 Å². The van der Waals surface area contributed by atoms with E-state index >= 15 is 0 Å². The third kappa shape index (κ3) is 5.21. The van der Waals surface area contributed by atoms with Gasteiger partial charge in [-0.3, -0.25) is 14.8 Å². The Morgan fingerprint density at radius 3 is 2.31 bits per heavy atom. The summed E-state index contributed by atoms with van der Waals surface area (Å²) in [6.45, 7) is 9.11. The van der Waals surface area contributed by atoms with E-state index in [1.54, 1.807) is 0 Å². The van der Waals surface area contributed by atoms with Gasteiger partial charge in [0.25, 0.3) is 0 Å². The predicted octanol–water partition coefficient (Wildman–Crippen LogP) is 2.92. The molecule has 1 aromatic heterocycles. The number of nitrogens with zero attached hydrogens (tertiary/aromatic N) is 3. The van der Waals surface area contributed by atoms with Crippen LogP contribution in [-0.4, -0.2) is 68.1 Å². The molecule has 3 heterocycles. The van der Waals surface area contributed by atoms with Gasteiger partial charge in [-0.05, 0) is 69.7 Å². The molecule has 2 saturated heterocycles. The first-order valence-electron chi connectivity index (χ1n) is 10.3. The number of hydrogen-bond acceptors (Lipinski definition) is 4.